The number of ether oxygens (including phenoxy) is 1. The summed E-state index contributed by atoms with van der Waals surface area (Å²) in [7, 11) is 0. The molecule has 0 N–H and O–H groups in total. The van der Waals surface area contributed by atoms with Gasteiger partial charge in [0.1, 0.15) is 18.2 Å². The van der Waals surface area contributed by atoms with Gasteiger partial charge in [0.15, 0.2) is 0 Å². The molecule has 0 saturated carbocycles. The maximum atomic E-state index is 12.2. The summed E-state index contributed by atoms with van der Waals surface area (Å²) in [5, 5.41) is 0. The lowest BCUT2D eigenvalue weighted by Crippen LogP contribution is -2.46. The van der Waals surface area contributed by atoms with E-state index in [9.17, 15) is 4.79 Å². The summed E-state index contributed by atoms with van der Waals surface area (Å²) in [6.45, 7) is 3.18. The fraction of sp³-hybridized carbons (Fsp3) is 0.688. The fourth-order valence-electron chi connectivity index (χ4n) is 3.42. The number of hydrogen-bond acceptors (Lipinski definition) is 5. The average molecular weight is 289 g/mol. The summed E-state index contributed by atoms with van der Waals surface area (Å²) in [6.07, 6.45) is 9.13. The van der Waals surface area contributed by atoms with Crippen molar-refractivity contribution in [2.24, 2.45) is 0 Å². The normalized spacial score (nSPS) is 21.8. The van der Waals surface area contributed by atoms with Crippen molar-refractivity contribution in [3.05, 3.63) is 17.6 Å². The van der Waals surface area contributed by atoms with E-state index >= 15 is 0 Å². The Kier molecular flexibility index (Phi) is 4.36. The van der Waals surface area contributed by atoms with Gasteiger partial charge in [-0.2, -0.15) is 0 Å². The van der Waals surface area contributed by atoms with Crippen LogP contribution in [0.5, 0.6) is 0 Å². The number of piperidine rings is 1. The lowest BCUT2D eigenvalue weighted by molar-refractivity contribution is -0.145. The summed E-state index contributed by atoms with van der Waals surface area (Å²) in [6, 6.07) is -0.181. The highest BCUT2D eigenvalue weighted by Gasteiger charge is 2.33. The molecule has 5 heteroatoms. The fourth-order valence-corrected chi connectivity index (χ4v) is 3.42. The van der Waals surface area contributed by atoms with Crippen LogP contribution in [0.2, 0.25) is 0 Å². The van der Waals surface area contributed by atoms with Crippen LogP contribution >= 0.6 is 0 Å². The number of aryl methyl sites for hydroxylation is 1. The van der Waals surface area contributed by atoms with Gasteiger partial charge in [-0.05, 0) is 51.9 Å². The second kappa shape index (κ2) is 6.41. The maximum absolute atomic E-state index is 12.2. The third-order valence-corrected chi connectivity index (χ3v) is 4.44. The zero-order valence-electron chi connectivity index (χ0n) is 12.7. The van der Waals surface area contributed by atoms with Gasteiger partial charge in [0.2, 0.25) is 0 Å². The first-order chi connectivity index (χ1) is 10.3. The number of fused-ring (bicyclic) bond motifs is 1. The summed E-state index contributed by atoms with van der Waals surface area (Å²) in [4.78, 5) is 23.3. The van der Waals surface area contributed by atoms with Crippen molar-refractivity contribution >= 4 is 11.8 Å². The van der Waals surface area contributed by atoms with Gasteiger partial charge in [0.25, 0.3) is 0 Å². The second-order valence-electron chi connectivity index (χ2n) is 5.79. The van der Waals surface area contributed by atoms with Crippen molar-refractivity contribution in [3.8, 4) is 0 Å². The molecule has 1 aliphatic heterocycles. The summed E-state index contributed by atoms with van der Waals surface area (Å²) in [5.74, 6) is 0.859. The van der Waals surface area contributed by atoms with Crippen LogP contribution in [0.15, 0.2) is 6.33 Å². The van der Waals surface area contributed by atoms with Crippen LogP contribution in [0.25, 0.3) is 0 Å². The number of hydrogen-bond donors (Lipinski definition) is 0. The molecule has 0 bridgehead atoms. The molecule has 1 aliphatic carbocycles. The van der Waals surface area contributed by atoms with Crippen LogP contribution in [0.1, 0.15) is 50.3 Å². The van der Waals surface area contributed by atoms with E-state index in [0.717, 1.165) is 44.5 Å². The molecule has 2 aliphatic rings. The Morgan fingerprint density at radius 3 is 3.00 bits per heavy atom. The molecule has 1 unspecified atom stereocenters. The second-order valence-corrected chi connectivity index (χ2v) is 5.79. The number of nitrogens with zero attached hydrogens (tertiary/aromatic N) is 3. The van der Waals surface area contributed by atoms with Crippen molar-refractivity contribution in [1.29, 1.82) is 0 Å². The molecule has 5 nitrogen and oxygen atoms in total. The molecular formula is C16H23N3O2. The Hall–Kier alpha value is -1.65. The molecule has 0 aromatic carbocycles. The monoisotopic (exact) mass is 289 g/mol. The summed E-state index contributed by atoms with van der Waals surface area (Å²) in [5.41, 5.74) is 2.42. The van der Waals surface area contributed by atoms with Crippen LogP contribution in [0, 0.1) is 0 Å². The molecule has 0 amide bonds. The average Bonchev–Trinajstić information content (AvgIpc) is 2.54. The van der Waals surface area contributed by atoms with Gasteiger partial charge >= 0.3 is 5.97 Å². The standard InChI is InChI=1S/C16H23N3O2/c1-2-21-16(20)14-9-5-6-10-19(14)15-12-7-3-4-8-13(12)17-11-18-15/h11,14H,2-10H2,1H3. The molecule has 0 spiro atoms. The van der Waals surface area contributed by atoms with E-state index in [1.165, 1.54) is 24.1 Å². The molecule has 1 atom stereocenters. The van der Waals surface area contributed by atoms with E-state index < -0.39 is 0 Å². The van der Waals surface area contributed by atoms with E-state index in [0.29, 0.717) is 6.61 Å². The number of rotatable bonds is 3. The predicted octanol–water partition coefficient (Wildman–Crippen LogP) is 2.28. The van der Waals surface area contributed by atoms with Crippen LogP contribution in [-0.4, -0.2) is 35.1 Å². The molecule has 114 valence electrons. The topological polar surface area (TPSA) is 55.3 Å². The van der Waals surface area contributed by atoms with E-state index in [-0.39, 0.29) is 12.0 Å². The van der Waals surface area contributed by atoms with Crippen molar-refractivity contribution in [1.82, 2.24) is 9.97 Å². The Morgan fingerprint density at radius 1 is 1.29 bits per heavy atom. The minimum Gasteiger partial charge on any atom is -0.464 e. The first kappa shape index (κ1) is 14.3. The Labute approximate surface area is 125 Å². The zero-order chi connectivity index (χ0) is 14.7. The van der Waals surface area contributed by atoms with E-state index in [1.54, 1.807) is 6.33 Å². The third-order valence-electron chi connectivity index (χ3n) is 4.44. The van der Waals surface area contributed by atoms with Crippen LogP contribution in [0.3, 0.4) is 0 Å². The number of anilines is 1. The van der Waals surface area contributed by atoms with Crippen molar-refractivity contribution in [2.45, 2.75) is 57.9 Å². The quantitative estimate of drug-likeness (QED) is 0.799. The van der Waals surface area contributed by atoms with Crippen LogP contribution in [0.4, 0.5) is 5.82 Å². The minimum atomic E-state index is -0.181. The molecule has 0 radical (unpaired) electrons. The molecule has 1 aromatic rings. The number of esters is 1. The lowest BCUT2D eigenvalue weighted by atomic mass is 9.94. The Morgan fingerprint density at radius 2 is 2.14 bits per heavy atom. The highest BCUT2D eigenvalue weighted by Crippen LogP contribution is 2.31. The zero-order valence-corrected chi connectivity index (χ0v) is 12.7. The van der Waals surface area contributed by atoms with Gasteiger partial charge < -0.3 is 9.64 Å². The number of aromatic nitrogens is 2. The smallest absolute Gasteiger partial charge is 0.328 e. The number of carbonyl (C=O) groups is 1. The summed E-state index contributed by atoms with van der Waals surface area (Å²) < 4.78 is 5.25. The Bertz CT molecular complexity index is 518. The molecule has 1 fully saturated rings. The maximum Gasteiger partial charge on any atom is 0.328 e. The van der Waals surface area contributed by atoms with Gasteiger partial charge in [-0.3, -0.25) is 0 Å². The van der Waals surface area contributed by atoms with Crippen molar-refractivity contribution in [3.63, 3.8) is 0 Å². The first-order valence-electron chi connectivity index (χ1n) is 8.07. The van der Waals surface area contributed by atoms with Gasteiger partial charge in [0.05, 0.1) is 6.61 Å². The Balaban J connectivity index is 1.91. The highest BCUT2D eigenvalue weighted by molar-refractivity contribution is 5.80. The molecule has 3 rings (SSSR count). The van der Waals surface area contributed by atoms with Crippen molar-refractivity contribution in [2.75, 3.05) is 18.1 Å². The predicted molar refractivity (Wildman–Crippen MR) is 80.3 cm³/mol. The molecule has 1 saturated heterocycles. The van der Waals surface area contributed by atoms with Gasteiger partial charge in [0, 0.05) is 17.8 Å². The highest BCUT2D eigenvalue weighted by atomic mass is 16.5. The number of carbonyl (C=O) groups excluding carboxylic acids is 1. The lowest BCUT2D eigenvalue weighted by Gasteiger charge is -2.36. The molecule has 21 heavy (non-hydrogen) atoms. The molecule has 1 aromatic heterocycles. The van der Waals surface area contributed by atoms with Crippen molar-refractivity contribution < 1.29 is 9.53 Å². The van der Waals surface area contributed by atoms with Gasteiger partial charge in [-0.1, -0.05) is 0 Å². The van der Waals surface area contributed by atoms with E-state index in [4.69, 9.17) is 4.74 Å². The largest absolute Gasteiger partial charge is 0.464 e. The SMILES string of the molecule is CCOC(=O)C1CCCCN1c1ncnc2c1CCCC2. The van der Waals surface area contributed by atoms with Crippen LogP contribution in [-0.2, 0) is 22.4 Å². The van der Waals surface area contributed by atoms with E-state index in [1.807, 2.05) is 6.92 Å². The summed E-state index contributed by atoms with van der Waals surface area (Å²) >= 11 is 0. The minimum absolute atomic E-state index is 0.111. The molecule has 2 heterocycles. The van der Waals surface area contributed by atoms with Crippen LogP contribution < -0.4 is 4.90 Å². The van der Waals surface area contributed by atoms with E-state index in [2.05, 4.69) is 14.9 Å². The first-order valence-corrected chi connectivity index (χ1v) is 8.07. The van der Waals surface area contributed by atoms with Gasteiger partial charge in [-0.25, -0.2) is 14.8 Å². The van der Waals surface area contributed by atoms with Gasteiger partial charge in [-0.15, -0.1) is 0 Å². The third kappa shape index (κ3) is 2.87. The molecular weight excluding hydrogens is 266 g/mol.